The summed E-state index contributed by atoms with van der Waals surface area (Å²) in [6.07, 6.45) is -0.918. The Bertz CT molecular complexity index is 607. The Morgan fingerprint density at radius 1 is 1.41 bits per heavy atom. The van der Waals surface area contributed by atoms with Crippen molar-refractivity contribution in [2.24, 2.45) is 0 Å². The number of hydrogen-bond donors (Lipinski definition) is 1. The van der Waals surface area contributed by atoms with Crippen LogP contribution in [0.2, 0.25) is 0 Å². The second-order valence-corrected chi connectivity index (χ2v) is 4.82. The fraction of sp³-hybridized carbons (Fsp3) is 0.462. The normalized spacial score (nSPS) is 15.8. The molecule has 0 bridgehead atoms. The molecule has 1 aromatic rings. The first-order valence-corrected chi connectivity index (χ1v) is 6.63. The summed E-state index contributed by atoms with van der Waals surface area (Å²) in [5.74, 6) is -1.54. The fourth-order valence-electron chi connectivity index (χ4n) is 1.87. The zero-order valence-electron chi connectivity index (χ0n) is 12.1. The van der Waals surface area contributed by atoms with Crippen molar-refractivity contribution in [3.05, 3.63) is 11.8 Å². The van der Waals surface area contributed by atoms with Crippen LogP contribution >= 0.6 is 0 Å². The van der Waals surface area contributed by atoms with Gasteiger partial charge in [-0.05, 0) is 13.8 Å². The van der Waals surface area contributed by atoms with Crippen molar-refractivity contribution < 1.29 is 28.4 Å². The zero-order valence-corrected chi connectivity index (χ0v) is 12.1. The summed E-state index contributed by atoms with van der Waals surface area (Å²) in [5, 5.41) is 5.99. The van der Waals surface area contributed by atoms with Crippen molar-refractivity contribution >= 4 is 29.5 Å². The first-order valence-electron chi connectivity index (χ1n) is 6.63. The van der Waals surface area contributed by atoms with Crippen molar-refractivity contribution in [3.63, 3.8) is 0 Å². The maximum Gasteiger partial charge on any atom is 0.326 e. The van der Waals surface area contributed by atoms with E-state index in [9.17, 15) is 19.2 Å². The second-order valence-electron chi connectivity index (χ2n) is 4.82. The molecular formula is C13H15N3O6. The van der Waals surface area contributed by atoms with Crippen molar-refractivity contribution in [2.75, 3.05) is 11.9 Å². The van der Waals surface area contributed by atoms with Gasteiger partial charge < -0.3 is 14.6 Å². The molecule has 1 aliphatic rings. The number of anilines is 1. The molecule has 118 valence electrons. The van der Waals surface area contributed by atoms with E-state index >= 15 is 0 Å². The van der Waals surface area contributed by atoms with Gasteiger partial charge in [0.2, 0.25) is 11.8 Å². The van der Waals surface area contributed by atoms with E-state index < -0.39 is 36.3 Å². The summed E-state index contributed by atoms with van der Waals surface area (Å²) in [6.45, 7) is 2.54. The van der Waals surface area contributed by atoms with Gasteiger partial charge in [-0.15, -0.1) is 0 Å². The molecule has 1 N–H and O–H groups in total. The minimum Gasteiger partial charge on any atom is -0.451 e. The molecule has 2 rings (SSSR count). The molecular weight excluding hydrogens is 294 g/mol. The van der Waals surface area contributed by atoms with Gasteiger partial charge in [0.25, 0.3) is 5.91 Å². The molecule has 1 saturated heterocycles. The van der Waals surface area contributed by atoms with Gasteiger partial charge in [-0.2, -0.15) is 0 Å². The lowest BCUT2D eigenvalue weighted by Gasteiger charge is -2.16. The number of carbonyl (C=O) groups is 4. The highest BCUT2D eigenvalue weighted by molar-refractivity contribution is 6.04. The van der Waals surface area contributed by atoms with E-state index in [1.807, 2.05) is 0 Å². The Morgan fingerprint density at radius 3 is 2.59 bits per heavy atom. The van der Waals surface area contributed by atoms with Gasteiger partial charge in [-0.1, -0.05) is 5.16 Å². The van der Waals surface area contributed by atoms with Crippen LogP contribution in [0.4, 0.5) is 5.82 Å². The highest BCUT2D eigenvalue weighted by Crippen LogP contribution is 2.12. The fourth-order valence-corrected chi connectivity index (χ4v) is 1.87. The molecule has 3 amide bonds. The van der Waals surface area contributed by atoms with Crippen LogP contribution in [0, 0.1) is 6.92 Å². The van der Waals surface area contributed by atoms with E-state index in [4.69, 9.17) is 9.26 Å². The highest BCUT2D eigenvalue weighted by atomic mass is 16.5. The Morgan fingerprint density at radius 2 is 2.05 bits per heavy atom. The predicted octanol–water partition coefficient (Wildman–Crippen LogP) is 0.00222. The molecule has 0 radical (unpaired) electrons. The summed E-state index contributed by atoms with van der Waals surface area (Å²) in [6, 6.07) is 1.51. The number of aromatic nitrogens is 1. The van der Waals surface area contributed by atoms with Crippen LogP contribution in [0.1, 0.15) is 25.5 Å². The number of hydrogen-bond acceptors (Lipinski definition) is 7. The number of nitrogens with zero attached hydrogens (tertiary/aromatic N) is 2. The molecule has 9 nitrogen and oxygen atoms in total. The minimum absolute atomic E-state index is 0.0909. The summed E-state index contributed by atoms with van der Waals surface area (Å²) < 4.78 is 9.68. The third kappa shape index (κ3) is 3.68. The number of imide groups is 1. The standard InChI is InChI=1S/C13H15N3O6/c1-7-5-9(15-22-7)14-13(20)8(2)21-12(19)6-16-10(17)3-4-11(16)18/h5,8H,3-4,6H2,1-2H3,(H,14,15,20)/t8-/m0/s1. The smallest absolute Gasteiger partial charge is 0.326 e. The lowest BCUT2D eigenvalue weighted by Crippen LogP contribution is -2.38. The van der Waals surface area contributed by atoms with Crippen molar-refractivity contribution in [3.8, 4) is 0 Å². The second kappa shape index (κ2) is 6.37. The molecule has 1 fully saturated rings. The summed E-state index contributed by atoms with van der Waals surface area (Å²) >= 11 is 0. The lowest BCUT2D eigenvalue weighted by atomic mass is 10.3. The average molecular weight is 309 g/mol. The van der Waals surface area contributed by atoms with Gasteiger partial charge >= 0.3 is 5.97 Å². The monoisotopic (exact) mass is 309 g/mol. The third-order valence-corrected chi connectivity index (χ3v) is 3.00. The number of nitrogens with one attached hydrogen (secondary N) is 1. The first kappa shape index (κ1) is 15.7. The van der Waals surface area contributed by atoms with Crippen LogP contribution in [0.5, 0.6) is 0 Å². The summed E-state index contributed by atoms with van der Waals surface area (Å²) in [5.41, 5.74) is 0. The predicted molar refractivity (Wildman–Crippen MR) is 71.4 cm³/mol. The maximum absolute atomic E-state index is 11.8. The minimum atomic E-state index is -1.10. The number of likely N-dealkylation sites (tertiary alicyclic amines) is 1. The van der Waals surface area contributed by atoms with Crippen LogP contribution < -0.4 is 5.32 Å². The van der Waals surface area contributed by atoms with Gasteiger partial charge in [0.1, 0.15) is 12.3 Å². The lowest BCUT2D eigenvalue weighted by molar-refractivity contribution is -0.158. The van der Waals surface area contributed by atoms with E-state index in [0.29, 0.717) is 5.76 Å². The highest BCUT2D eigenvalue weighted by Gasteiger charge is 2.31. The molecule has 0 aliphatic carbocycles. The van der Waals surface area contributed by atoms with Crippen LogP contribution in [-0.4, -0.2) is 46.4 Å². The van der Waals surface area contributed by atoms with Gasteiger partial charge in [0.05, 0.1) is 0 Å². The molecule has 0 spiro atoms. The molecule has 1 atom stereocenters. The quantitative estimate of drug-likeness (QED) is 0.600. The SMILES string of the molecule is Cc1cc(NC(=O)[C@H](C)OC(=O)CN2C(=O)CCC2=O)no1. The topological polar surface area (TPSA) is 119 Å². The average Bonchev–Trinajstić information content (AvgIpc) is 2.99. The molecule has 0 unspecified atom stereocenters. The van der Waals surface area contributed by atoms with E-state index in [1.165, 1.54) is 13.0 Å². The number of carbonyl (C=O) groups excluding carboxylic acids is 4. The molecule has 1 aromatic heterocycles. The van der Waals surface area contributed by atoms with Gasteiger partial charge in [0, 0.05) is 18.9 Å². The number of aryl methyl sites for hydroxylation is 1. The Labute approximate surface area is 125 Å². The summed E-state index contributed by atoms with van der Waals surface area (Å²) in [4.78, 5) is 47.1. The van der Waals surface area contributed by atoms with Crippen molar-refractivity contribution in [1.82, 2.24) is 10.1 Å². The Kier molecular flexibility index (Phi) is 4.54. The number of ether oxygens (including phenoxy) is 1. The zero-order chi connectivity index (χ0) is 16.3. The number of rotatable bonds is 5. The van der Waals surface area contributed by atoms with E-state index in [-0.39, 0.29) is 18.7 Å². The Hall–Kier alpha value is -2.71. The summed E-state index contributed by atoms with van der Waals surface area (Å²) in [7, 11) is 0. The van der Waals surface area contributed by atoms with Gasteiger partial charge in [-0.25, -0.2) is 0 Å². The molecule has 2 heterocycles. The molecule has 1 aliphatic heterocycles. The molecule has 0 saturated carbocycles. The van der Waals surface area contributed by atoms with E-state index in [1.54, 1.807) is 6.92 Å². The van der Waals surface area contributed by atoms with Crippen LogP contribution in [0.15, 0.2) is 10.6 Å². The van der Waals surface area contributed by atoms with E-state index in [2.05, 4.69) is 10.5 Å². The van der Waals surface area contributed by atoms with Crippen LogP contribution in [0.3, 0.4) is 0 Å². The van der Waals surface area contributed by atoms with Crippen molar-refractivity contribution in [1.29, 1.82) is 0 Å². The van der Waals surface area contributed by atoms with Crippen LogP contribution in [-0.2, 0) is 23.9 Å². The molecule has 0 aromatic carbocycles. The number of esters is 1. The molecule has 22 heavy (non-hydrogen) atoms. The van der Waals surface area contributed by atoms with E-state index in [0.717, 1.165) is 4.90 Å². The molecule has 9 heteroatoms. The first-order chi connectivity index (χ1) is 10.4. The Balaban J connectivity index is 1.84. The maximum atomic E-state index is 11.8. The number of amides is 3. The van der Waals surface area contributed by atoms with Gasteiger partial charge in [-0.3, -0.25) is 24.1 Å². The van der Waals surface area contributed by atoms with Gasteiger partial charge in [0.15, 0.2) is 11.9 Å². The van der Waals surface area contributed by atoms with Crippen LogP contribution in [0.25, 0.3) is 0 Å². The third-order valence-electron chi connectivity index (χ3n) is 3.00. The largest absolute Gasteiger partial charge is 0.451 e. The van der Waals surface area contributed by atoms with Crippen molar-refractivity contribution in [2.45, 2.75) is 32.8 Å².